The Morgan fingerprint density at radius 2 is 1.97 bits per heavy atom. The number of carbonyl (C=O) groups excluding carboxylic acids is 2. The van der Waals surface area contributed by atoms with Crippen molar-refractivity contribution >= 4 is 40.1 Å². The molecular weight excluding hydrogens is 444 g/mol. The molecule has 2 aliphatic rings. The van der Waals surface area contributed by atoms with Gasteiger partial charge < -0.3 is 15.5 Å². The topological polar surface area (TPSA) is 61.4 Å². The first-order chi connectivity index (χ1) is 16.0. The summed E-state index contributed by atoms with van der Waals surface area (Å²) in [6.45, 7) is -0.123. The molecule has 1 aliphatic carbocycles. The molecule has 0 radical (unpaired) electrons. The quantitative estimate of drug-likeness (QED) is 0.523. The minimum atomic E-state index is -0.844. The van der Waals surface area contributed by atoms with E-state index in [4.69, 9.17) is 0 Å². The molecule has 1 atom stereocenters. The number of nitrogens with zero attached hydrogens (tertiary/aromatic N) is 1. The van der Waals surface area contributed by atoms with Gasteiger partial charge in [-0.3, -0.25) is 9.59 Å². The smallest absolute Gasteiger partial charge is 0.244 e. The van der Waals surface area contributed by atoms with Crippen molar-refractivity contribution in [2.24, 2.45) is 0 Å². The second kappa shape index (κ2) is 8.78. The van der Waals surface area contributed by atoms with Crippen molar-refractivity contribution in [3.63, 3.8) is 0 Å². The Morgan fingerprint density at radius 1 is 1.12 bits per heavy atom. The van der Waals surface area contributed by atoms with Gasteiger partial charge in [-0.1, -0.05) is 18.2 Å². The molecule has 1 aromatic heterocycles. The van der Waals surface area contributed by atoms with Gasteiger partial charge in [0.15, 0.2) is 5.78 Å². The van der Waals surface area contributed by atoms with E-state index in [0.29, 0.717) is 12.0 Å². The van der Waals surface area contributed by atoms with Crippen LogP contribution in [0.5, 0.6) is 0 Å². The van der Waals surface area contributed by atoms with Gasteiger partial charge in [0.25, 0.3) is 0 Å². The fraction of sp³-hybridized carbons (Fsp3) is 0.200. The van der Waals surface area contributed by atoms with Crippen LogP contribution in [0.15, 0.2) is 71.2 Å². The van der Waals surface area contributed by atoms with Crippen LogP contribution in [-0.2, 0) is 9.59 Å². The summed E-state index contributed by atoms with van der Waals surface area (Å²) in [4.78, 5) is 29.0. The van der Waals surface area contributed by atoms with E-state index in [1.807, 2.05) is 46.7 Å². The average molecular weight is 466 g/mol. The number of allylic oxidation sites excluding steroid dienone is 1. The molecule has 5 nitrogen and oxygen atoms in total. The van der Waals surface area contributed by atoms with Crippen LogP contribution in [-0.4, -0.2) is 18.2 Å². The number of Topliss-reactive ketones (excluding diaryl/α,β-unsaturated/α-hetero) is 1. The summed E-state index contributed by atoms with van der Waals surface area (Å²) in [5.41, 5.74) is 3.03. The lowest BCUT2D eigenvalue weighted by Crippen LogP contribution is -2.38. The van der Waals surface area contributed by atoms with Gasteiger partial charge in [0, 0.05) is 28.6 Å². The van der Waals surface area contributed by atoms with Crippen LogP contribution in [0.2, 0.25) is 0 Å². The fourth-order valence-corrected chi connectivity index (χ4v) is 5.30. The molecule has 2 aromatic carbocycles. The maximum absolute atomic E-state index is 14.1. The maximum Gasteiger partial charge on any atom is 0.244 e. The van der Waals surface area contributed by atoms with Crippen molar-refractivity contribution in [3.05, 3.63) is 87.8 Å². The van der Waals surface area contributed by atoms with Crippen molar-refractivity contribution in [2.75, 3.05) is 22.1 Å². The average Bonchev–Trinajstić information content (AvgIpc) is 3.27. The van der Waals surface area contributed by atoms with Crippen LogP contribution in [0.3, 0.4) is 0 Å². The number of ketones is 1. The van der Waals surface area contributed by atoms with E-state index >= 15 is 0 Å². The number of hydrogen-bond donors (Lipinski definition) is 2. The maximum atomic E-state index is 14.1. The van der Waals surface area contributed by atoms with E-state index in [1.54, 1.807) is 0 Å². The van der Waals surface area contributed by atoms with Crippen LogP contribution < -0.4 is 15.5 Å². The van der Waals surface area contributed by atoms with Gasteiger partial charge in [-0.05, 0) is 48.6 Å². The molecule has 1 amide bonds. The minimum absolute atomic E-state index is 0.0601. The second-order valence-electron chi connectivity index (χ2n) is 8.03. The first kappa shape index (κ1) is 21.3. The highest BCUT2D eigenvalue weighted by atomic mass is 32.1. The van der Waals surface area contributed by atoms with Gasteiger partial charge in [0.2, 0.25) is 5.91 Å². The highest BCUT2D eigenvalue weighted by Gasteiger charge is 2.37. The monoisotopic (exact) mass is 465 g/mol. The van der Waals surface area contributed by atoms with Crippen LogP contribution in [0.1, 0.15) is 30.2 Å². The summed E-state index contributed by atoms with van der Waals surface area (Å²) in [6.07, 6.45) is 1.98. The molecule has 0 spiro atoms. The van der Waals surface area contributed by atoms with Gasteiger partial charge in [0.05, 0.1) is 29.6 Å². The molecule has 0 bridgehead atoms. The third kappa shape index (κ3) is 4.14. The number of halogens is 2. The number of thiophene rings is 1. The second-order valence-corrected chi connectivity index (χ2v) is 9.01. The molecule has 0 fully saturated rings. The zero-order valence-electron chi connectivity index (χ0n) is 17.6. The Kier molecular flexibility index (Phi) is 5.68. The normalized spacial score (nSPS) is 17.7. The fourth-order valence-electron chi connectivity index (χ4n) is 4.45. The SMILES string of the molecule is O=C(CN1c2ccccc2NC2=C(C(=O)CCC2)[C@H]1c1cccs1)Nc1ccc(F)cc1F. The summed E-state index contributed by atoms with van der Waals surface area (Å²) in [5, 5.41) is 7.93. The van der Waals surface area contributed by atoms with Crippen molar-refractivity contribution in [1.29, 1.82) is 0 Å². The standard InChI is InChI=1S/C25H21F2N3O2S/c26-15-10-11-17(16(27)13-15)29-23(32)14-30-20-7-2-1-5-18(20)28-19-6-3-8-21(31)24(19)25(30)22-9-4-12-33-22/h1-2,4-5,7,9-13,25,28H,3,6,8,14H2,(H,29,32)/t25-/m1/s1. The molecule has 168 valence electrons. The number of para-hydroxylation sites is 2. The Bertz CT molecular complexity index is 1260. The first-order valence-electron chi connectivity index (χ1n) is 10.7. The molecular formula is C25H21F2N3O2S. The van der Waals surface area contributed by atoms with Crippen molar-refractivity contribution in [3.8, 4) is 0 Å². The first-order valence-corrected chi connectivity index (χ1v) is 11.6. The van der Waals surface area contributed by atoms with E-state index in [1.165, 1.54) is 17.4 Å². The summed E-state index contributed by atoms with van der Waals surface area (Å²) in [7, 11) is 0. The van der Waals surface area contributed by atoms with E-state index in [2.05, 4.69) is 10.6 Å². The molecule has 8 heteroatoms. The molecule has 5 rings (SSSR count). The Morgan fingerprint density at radius 3 is 2.76 bits per heavy atom. The Labute approximate surface area is 193 Å². The van der Waals surface area contributed by atoms with Crippen LogP contribution >= 0.6 is 11.3 Å². The highest BCUT2D eigenvalue weighted by molar-refractivity contribution is 7.10. The zero-order valence-corrected chi connectivity index (χ0v) is 18.4. The van der Waals surface area contributed by atoms with Gasteiger partial charge in [-0.2, -0.15) is 0 Å². The zero-order chi connectivity index (χ0) is 22.9. The van der Waals surface area contributed by atoms with E-state index in [0.717, 1.165) is 46.9 Å². The highest BCUT2D eigenvalue weighted by Crippen LogP contribution is 2.45. The van der Waals surface area contributed by atoms with Gasteiger partial charge in [-0.15, -0.1) is 11.3 Å². The summed E-state index contributed by atoms with van der Waals surface area (Å²) in [6, 6.07) is 14.0. The third-order valence-electron chi connectivity index (χ3n) is 5.87. The number of benzene rings is 2. The molecule has 0 saturated heterocycles. The summed E-state index contributed by atoms with van der Waals surface area (Å²) < 4.78 is 27.4. The van der Waals surface area contributed by atoms with Crippen LogP contribution in [0.4, 0.5) is 25.8 Å². The summed E-state index contributed by atoms with van der Waals surface area (Å²) in [5.74, 6) is -1.97. The van der Waals surface area contributed by atoms with Gasteiger partial charge in [-0.25, -0.2) is 8.78 Å². The number of rotatable bonds is 4. The van der Waals surface area contributed by atoms with Crippen molar-refractivity contribution < 1.29 is 18.4 Å². The number of anilines is 3. The number of hydrogen-bond acceptors (Lipinski definition) is 5. The molecule has 33 heavy (non-hydrogen) atoms. The van der Waals surface area contributed by atoms with Gasteiger partial charge >= 0.3 is 0 Å². The lowest BCUT2D eigenvalue weighted by atomic mass is 9.88. The predicted molar refractivity (Wildman–Crippen MR) is 125 cm³/mol. The lowest BCUT2D eigenvalue weighted by Gasteiger charge is -2.34. The number of fused-ring (bicyclic) bond motifs is 1. The molecule has 0 unspecified atom stereocenters. The Balaban J connectivity index is 1.57. The number of carbonyl (C=O) groups is 2. The van der Waals surface area contributed by atoms with Crippen LogP contribution in [0, 0.1) is 11.6 Å². The predicted octanol–water partition coefficient (Wildman–Crippen LogP) is 5.65. The molecule has 3 aromatic rings. The van der Waals surface area contributed by atoms with Crippen molar-refractivity contribution in [2.45, 2.75) is 25.3 Å². The Hall–Kier alpha value is -3.52. The number of nitrogens with one attached hydrogen (secondary N) is 2. The lowest BCUT2D eigenvalue weighted by molar-refractivity contribution is -0.117. The third-order valence-corrected chi connectivity index (χ3v) is 6.80. The molecule has 1 aliphatic heterocycles. The molecule has 2 N–H and O–H groups in total. The molecule has 2 heterocycles. The summed E-state index contributed by atoms with van der Waals surface area (Å²) >= 11 is 1.52. The minimum Gasteiger partial charge on any atom is -0.357 e. The van der Waals surface area contributed by atoms with Crippen molar-refractivity contribution in [1.82, 2.24) is 0 Å². The molecule has 0 saturated carbocycles. The van der Waals surface area contributed by atoms with E-state index < -0.39 is 23.6 Å². The van der Waals surface area contributed by atoms with Crippen LogP contribution in [0.25, 0.3) is 0 Å². The number of amides is 1. The largest absolute Gasteiger partial charge is 0.357 e. The van der Waals surface area contributed by atoms with Gasteiger partial charge in [0.1, 0.15) is 11.6 Å². The van der Waals surface area contributed by atoms with E-state index in [-0.39, 0.29) is 18.0 Å². The van der Waals surface area contributed by atoms with E-state index in [9.17, 15) is 18.4 Å².